The molecule has 0 aliphatic carbocycles. The highest BCUT2D eigenvalue weighted by Crippen LogP contribution is 2.20. The quantitative estimate of drug-likeness (QED) is 0.722. The van der Waals surface area contributed by atoms with Crippen LogP contribution < -0.4 is 15.4 Å². The van der Waals surface area contributed by atoms with Crippen LogP contribution in [0.3, 0.4) is 0 Å². The number of carbonyl (C=O) groups is 2. The van der Waals surface area contributed by atoms with E-state index in [0.717, 1.165) is 6.07 Å². The average molecular weight is 365 g/mol. The van der Waals surface area contributed by atoms with Crippen molar-refractivity contribution in [2.45, 2.75) is 0 Å². The fraction of sp³-hybridized carbons (Fsp3) is 0.0500. The highest BCUT2D eigenvalue weighted by Gasteiger charge is 2.13. The van der Waals surface area contributed by atoms with Crippen molar-refractivity contribution < 1.29 is 18.7 Å². The zero-order valence-electron chi connectivity index (χ0n) is 14.4. The van der Waals surface area contributed by atoms with Crippen molar-refractivity contribution in [3.8, 4) is 5.75 Å². The van der Waals surface area contributed by atoms with Crippen LogP contribution in [-0.2, 0) is 0 Å². The van der Waals surface area contributed by atoms with Crippen LogP contribution >= 0.6 is 0 Å². The summed E-state index contributed by atoms with van der Waals surface area (Å²) in [5.74, 6) is -1.30. The van der Waals surface area contributed by atoms with Crippen LogP contribution in [0.15, 0.2) is 67.0 Å². The van der Waals surface area contributed by atoms with Crippen molar-refractivity contribution in [3.63, 3.8) is 0 Å². The van der Waals surface area contributed by atoms with Crippen LogP contribution in [0.4, 0.5) is 15.8 Å². The lowest BCUT2D eigenvalue weighted by Crippen LogP contribution is -2.15. The molecule has 1 heterocycles. The molecule has 27 heavy (non-hydrogen) atoms. The van der Waals surface area contributed by atoms with Crippen LogP contribution in [0.25, 0.3) is 0 Å². The van der Waals surface area contributed by atoms with Crippen LogP contribution in [0.5, 0.6) is 5.75 Å². The minimum atomic E-state index is -0.687. The lowest BCUT2D eigenvalue weighted by atomic mass is 10.1. The molecule has 2 N–H and O–H groups in total. The molecule has 7 heteroatoms. The molecule has 0 aliphatic heterocycles. The molecule has 0 aliphatic rings. The molecule has 136 valence electrons. The van der Waals surface area contributed by atoms with Gasteiger partial charge in [-0.2, -0.15) is 0 Å². The predicted molar refractivity (Wildman–Crippen MR) is 99.5 cm³/mol. The first-order valence-corrected chi connectivity index (χ1v) is 8.03. The number of pyridine rings is 1. The van der Waals surface area contributed by atoms with Crippen LogP contribution in [0.1, 0.15) is 20.7 Å². The molecule has 2 amide bonds. The topological polar surface area (TPSA) is 80.3 Å². The second-order valence-corrected chi connectivity index (χ2v) is 5.58. The summed E-state index contributed by atoms with van der Waals surface area (Å²) in [6, 6.07) is 13.8. The number of hydrogen-bond donors (Lipinski definition) is 2. The number of amides is 2. The van der Waals surface area contributed by atoms with E-state index in [1.165, 1.54) is 25.4 Å². The molecular formula is C20H16FN3O3. The summed E-state index contributed by atoms with van der Waals surface area (Å²) in [4.78, 5) is 28.4. The molecule has 0 radical (unpaired) electrons. The number of aromatic nitrogens is 1. The third-order valence-electron chi connectivity index (χ3n) is 3.72. The van der Waals surface area contributed by atoms with Crippen molar-refractivity contribution in [2.75, 3.05) is 17.7 Å². The van der Waals surface area contributed by atoms with E-state index in [1.54, 1.807) is 42.6 Å². The molecule has 0 atom stereocenters. The molecular weight excluding hydrogens is 349 g/mol. The second kappa shape index (κ2) is 8.09. The Bertz CT molecular complexity index is 977. The average Bonchev–Trinajstić information content (AvgIpc) is 2.68. The third-order valence-corrected chi connectivity index (χ3v) is 3.72. The third kappa shape index (κ3) is 4.46. The number of anilines is 2. The lowest BCUT2D eigenvalue weighted by molar-refractivity contribution is 0.101. The first kappa shape index (κ1) is 18.1. The molecule has 6 nitrogen and oxygen atoms in total. The number of nitrogens with zero attached hydrogens (tertiary/aromatic N) is 1. The number of carbonyl (C=O) groups excluding carboxylic acids is 2. The van der Waals surface area contributed by atoms with Gasteiger partial charge in [0.05, 0.1) is 18.2 Å². The Morgan fingerprint density at radius 1 is 0.963 bits per heavy atom. The van der Waals surface area contributed by atoms with Crippen molar-refractivity contribution in [1.82, 2.24) is 4.98 Å². The number of ether oxygens (including phenoxy) is 1. The van der Waals surface area contributed by atoms with Gasteiger partial charge in [0, 0.05) is 29.8 Å². The molecule has 0 spiro atoms. The Morgan fingerprint density at radius 3 is 2.33 bits per heavy atom. The summed E-state index contributed by atoms with van der Waals surface area (Å²) < 4.78 is 18.9. The van der Waals surface area contributed by atoms with Gasteiger partial charge >= 0.3 is 0 Å². The first-order valence-electron chi connectivity index (χ1n) is 8.03. The summed E-state index contributed by atoms with van der Waals surface area (Å²) in [6.07, 6.45) is 3.03. The molecule has 0 unspecified atom stereocenters. The monoisotopic (exact) mass is 365 g/mol. The summed E-state index contributed by atoms with van der Waals surface area (Å²) in [7, 11) is 1.42. The highest BCUT2D eigenvalue weighted by molar-refractivity contribution is 6.06. The molecule has 0 saturated heterocycles. The summed E-state index contributed by atoms with van der Waals surface area (Å²) in [6.45, 7) is 0. The van der Waals surface area contributed by atoms with Gasteiger partial charge in [0.15, 0.2) is 0 Å². The fourth-order valence-corrected chi connectivity index (χ4v) is 2.38. The number of benzene rings is 2. The van der Waals surface area contributed by atoms with E-state index in [0.29, 0.717) is 22.7 Å². The maximum Gasteiger partial charge on any atom is 0.258 e. The Kier molecular flexibility index (Phi) is 5.41. The van der Waals surface area contributed by atoms with Gasteiger partial charge < -0.3 is 15.4 Å². The molecule has 3 aromatic rings. The normalized spacial score (nSPS) is 10.1. The Balaban J connectivity index is 1.72. The summed E-state index contributed by atoms with van der Waals surface area (Å²) in [5.41, 5.74) is 1.20. The van der Waals surface area contributed by atoms with Gasteiger partial charge in [-0.3, -0.25) is 14.6 Å². The SMILES string of the molecule is COc1ccc(C(=O)Nc2cccc(NC(=O)c3cccnc3)c2)c(F)c1. The number of rotatable bonds is 5. The van der Waals surface area contributed by atoms with Crippen molar-refractivity contribution in [3.05, 3.63) is 83.9 Å². The molecule has 2 aromatic carbocycles. The van der Waals surface area contributed by atoms with Gasteiger partial charge in [0.25, 0.3) is 11.8 Å². The van der Waals surface area contributed by atoms with Crippen LogP contribution in [0, 0.1) is 5.82 Å². The Labute approximate surface area is 155 Å². The number of halogens is 1. The van der Waals surface area contributed by atoms with Crippen LogP contribution in [-0.4, -0.2) is 23.9 Å². The van der Waals surface area contributed by atoms with E-state index >= 15 is 0 Å². The van der Waals surface area contributed by atoms with E-state index < -0.39 is 11.7 Å². The van der Waals surface area contributed by atoms with Gasteiger partial charge in [-0.25, -0.2) is 4.39 Å². The minimum Gasteiger partial charge on any atom is -0.497 e. The van der Waals surface area contributed by atoms with E-state index in [2.05, 4.69) is 15.6 Å². The van der Waals surface area contributed by atoms with Crippen molar-refractivity contribution in [2.24, 2.45) is 0 Å². The Morgan fingerprint density at radius 2 is 1.70 bits per heavy atom. The fourth-order valence-electron chi connectivity index (χ4n) is 2.38. The van der Waals surface area contributed by atoms with Gasteiger partial charge in [-0.05, 0) is 42.5 Å². The first-order chi connectivity index (χ1) is 13.1. The second-order valence-electron chi connectivity index (χ2n) is 5.58. The molecule has 3 rings (SSSR count). The smallest absolute Gasteiger partial charge is 0.258 e. The zero-order chi connectivity index (χ0) is 19.2. The van der Waals surface area contributed by atoms with Crippen molar-refractivity contribution >= 4 is 23.2 Å². The zero-order valence-corrected chi connectivity index (χ0v) is 14.4. The molecule has 0 bridgehead atoms. The minimum absolute atomic E-state index is 0.111. The number of nitrogens with one attached hydrogen (secondary N) is 2. The predicted octanol–water partition coefficient (Wildman–Crippen LogP) is 3.73. The number of methoxy groups -OCH3 is 1. The van der Waals surface area contributed by atoms with E-state index in [9.17, 15) is 14.0 Å². The van der Waals surface area contributed by atoms with Gasteiger partial charge in [0.1, 0.15) is 11.6 Å². The number of hydrogen-bond acceptors (Lipinski definition) is 4. The maximum absolute atomic E-state index is 14.0. The van der Waals surface area contributed by atoms with Crippen molar-refractivity contribution in [1.29, 1.82) is 0 Å². The Hall–Kier alpha value is -3.74. The van der Waals surface area contributed by atoms with Crippen LogP contribution in [0.2, 0.25) is 0 Å². The summed E-state index contributed by atoms with van der Waals surface area (Å²) >= 11 is 0. The summed E-state index contributed by atoms with van der Waals surface area (Å²) in [5, 5.41) is 5.32. The largest absolute Gasteiger partial charge is 0.497 e. The van der Waals surface area contributed by atoms with Gasteiger partial charge in [-0.1, -0.05) is 6.07 Å². The van der Waals surface area contributed by atoms with E-state index in [4.69, 9.17) is 4.74 Å². The molecule has 0 saturated carbocycles. The lowest BCUT2D eigenvalue weighted by Gasteiger charge is -2.10. The van der Waals surface area contributed by atoms with Gasteiger partial charge in [0.2, 0.25) is 0 Å². The van der Waals surface area contributed by atoms with Gasteiger partial charge in [-0.15, -0.1) is 0 Å². The maximum atomic E-state index is 14.0. The highest BCUT2D eigenvalue weighted by atomic mass is 19.1. The van der Waals surface area contributed by atoms with E-state index in [1.807, 2.05) is 0 Å². The molecule has 0 fully saturated rings. The van der Waals surface area contributed by atoms with E-state index in [-0.39, 0.29) is 11.5 Å². The standard InChI is InChI=1S/C20H16FN3O3/c1-27-16-7-8-17(18(21)11-16)20(26)24-15-6-2-5-14(10-15)23-19(25)13-4-3-9-22-12-13/h2-12H,1H3,(H,23,25)(H,24,26). The molecule has 1 aromatic heterocycles.